The topological polar surface area (TPSA) is 86.1 Å². The minimum atomic E-state index is -1.00. The fraction of sp³-hybridized carbons (Fsp3) is 0.577. The van der Waals surface area contributed by atoms with Crippen LogP contribution in [0.5, 0.6) is 5.75 Å². The van der Waals surface area contributed by atoms with Crippen LogP contribution < -0.4 is 4.74 Å². The molecule has 2 fully saturated rings. The number of amides is 2. The number of aryl methyl sites for hydroxylation is 2. The number of halogens is 1. The molecule has 1 atom stereocenters. The highest BCUT2D eigenvalue weighted by molar-refractivity contribution is 5.79. The summed E-state index contributed by atoms with van der Waals surface area (Å²) in [6, 6.07) is 5.72. The van der Waals surface area contributed by atoms with Crippen LogP contribution in [0.15, 0.2) is 24.3 Å². The number of ether oxygens (including phenoxy) is 3. The predicted octanol–water partition coefficient (Wildman–Crippen LogP) is 2.03. The molecule has 0 bridgehead atoms. The van der Waals surface area contributed by atoms with Gasteiger partial charge in [-0.05, 0) is 50.1 Å². The number of carbonyl (C=O) groups excluding carboxylic acids is 2. The Balaban J connectivity index is 1.46. The summed E-state index contributed by atoms with van der Waals surface area (Å²) < 4.78 is 32.7. The summed E-state index contributed by atoms with van der Waals surface area (Å²) >= 11 is 0. The molecule has 196 valence electrons. The number of morpholine rings is 2. The highest BCUT2D eigenvalue weighted by Crippen LogP contribution is 2.27. The van der Waals surface area contributed by atoms with Gasteiger partial charge >= 0.3 is 0 Å². The molecule has 0 aliphatic carbocycles. The van der Waals surface area contributed by atoms with Crippen LogP contribution in [0.3, 0.4) is 0 Å². The van der Waals surface area contributed by atoms with Crippen LogP contribution in [0.1, 0.15) is 29.8 Å². The molecule has 10 heteroatoms. The first kappa shape index (κ1) is 26.1. The molecule has 2 aromatic rings. The normalized spacial score (nSPS) is 20.4. The van der Waals surface area contributed by atoms with E-state index in [1.807, 2.05) is 25.6 Å². The lowest BCUT2D eigenvalue weighted by Crippen LogP contribution is -2.58. The Morgan fingerprint density at radius 3 is 2.42 bits per heavy atom. The van der Waals surface area contributed by atoms with E-state index in [9.17, 15) is 14.0 Å². The fourth-order valence-electron chi connectivity index (χ4n) is 4.82. The minimum Gasteiger partial charge on any atom is -0.490 e. The second kappa shape index (κ2) is 11.4. The third-order valence-corrected chi connectivity index (χ3v) is 7.00. The number of nitrogens with zero attached hydrogens (tertiary/aromatic N) is 4. The number of hydrogen-bond donors (Lipinski definition) is 0. The van der Waals surface area contributed by atoms with Gasteiger partial charge in [-0.25, -0.2) is 4.39 Å². The minimum absolute atomic E-state index is 0.00549. The highest BCUT2D eigenvalue weighted by Gasteiger charge is 2.42. The maximum Gasteiger partial charge on any atom is 0.225 e. The summed E-state index contributed by atoms with van der Waals surface area (Å²) in [5.74, 6) is 0.0661. The Labute approximate surface area is 211 Å². The Hall–Kier alpha value is -2.98. The van der Waals surface area contributed by atoms with Crippen molar-refractivity contribution >= 4 is 11.8 Å². The van der Waals surface area contributed by atoms with E-state index in [1.54, 1.807) is 9.80 Å². The second-order valence-corrected chi connectivity index (χ2v) is 9.53. The molecule has 9 nitrogen and oxygen atoms in total. The Morgan fingerprint density at radius 1 is 1.06 bits per heavy atom. The monoisotopic (exact) mass is 502 g/mol. The smallest absolute Gasteiger partial charge is 0.225 e. The molecule has 36 heavy (non-hydrogen) atoms. The second-order valence-electron chi connectivity index (χ2n) is 9.53. The first-order chi connectivity index (χ1) is 17.3. The molecule has 0 spiro atoms. The lowest BCUT2D eigenvalue weighted by atomic mass is 9.96. The standard InChI is InChI=1S/C26H35FN4O5/c1-19-23(20(2)29(3)28-19)8-9-24(32)31-12-15-36-26(17-31,16-25(33)30-10-13-34-14-11-30)18-35-22-6-4-21(27)5-7-22/h4-7H,8-18H2,1-3H3/t26-/m0/s1. The molecule has 2 saturated heterocycles. The summed E-state index contributed by atoms with van der Waals surface area (Å²) in [6.45, 7) is 7.09. The van der Waals surface area contributed by atoms with Gasteiger partial charge in [0.2, 0.25) is 11.8 Å². The number of benzene rings is 1. The highest BCUT2D eigenvalue weighted by atomic mass is 19.1. The molecule has 0 saturated carbocycles. The zero-order chi connectivity index (χ0) is 25.7. The van der Waals surface area contributed by atoms with Crippen molar-refractivity contribution in [3.63, 3.8) is 0 Å². The zero-order valence-corrected chi connectivity index (χ0v) is 21.3. The summed E-state index contributed by atoms with van der Waals surface area (Å²) in [4.78, 5) is 29.9. The molecule has 0 unspecified atom stereocenters. The lowest BCUT2D eigenvalue weighted by Gasteiger charge is -2.43. The first-order valence-corrected chi connectivity index (χ1v) is 12.4. The van der Waals surface area contributed by atoms with Gasteiger partial charge in [0.1, 0.15) is 23.8 Å². The van der Waals surface area contributed by atoms with E-state index in [-0.39, 0.29) is 37.2 Å². The average molecular weight is 503 g/mol. The molecular weight excluding hydrogens is 467 g/mol. The van der Waals surface area contributed by atoms with Crippen molar-refractivity contribution in [3.8, 4) is 5.75 Å². The van der Waals surface area contributed by atoms with Crippen molar-refractivity contribution in [2.45, 2.75) is 38.7 Å². The van der Waals surface area contributed by atoms with Gasteiger partial charge in [-0.2, -0.15) is 5.10 Å². The van der Waals surface area contributed by atoms with Gasteiger partial charge in [-0.3, -0.25) is 14.3 Å². The van der Waals surface area contributed by atoms with Gasteiger partial charge in [0.15, 0.2) is 0 Å². The molecule has 1 aromatic heterocycles. The number of carbonyl (C=O) groups is 2. The van der Waals surface area contributed by atoms with Crippen LogP contribution in [0, 0.1) is 19.7 Å². The fourth-order valence-corrected chi connectivity index (χ4v) is 4.82. The van der Waals surface area contributed by atoms with Crippen LogP contribution in [0.25, 0.3) is 0 Å². The molecule has 3 heterocycles. The summed E-state index contributed by atoms with van der Waals surface area (Å²) in [5, 5.41) is 4.44. The first-order valence-electron chi connectivity index (χ1n) is 12.4. The lowest BCUT2D eigenvalue weighted by molar-refractivity contribution is -0.167. The van der Waals surface area contributed by atoms with Gasteiger partial charge in [0.05, 0.1) is 38.5 Å². The third kappa shape index (κ3) is 6.22. The molecule has 2 amide bonds. The zero-order valence-electron chi connectivity index (χ0n) is 21.3. The Kier molecular flexibility index (Phi) is 8.25. The van der Waals surface area contributed by atoms with E-state index in [2.05, 4.69) is 5.10 Å². The Morgan fingerprint density at radius 2 is 1.75 bits per heavy atom. The Bertz CT molecular complexity index is 1070. The van der Waals surface area contributed by atoms with E-state index in [1.165, 1.54) is 24.3 Å². The van der Waals surface area contributed by atoms with Crippen LogP contribution >= 0.6 is 0 Å². The predicted molar refractivity (Wildman–Crippen MR) is 130 cm³/mol. The van der Waals surface area contributed by atoms with Gasteiger partial charge in [0, 0.05) is 38.8 Å². The van der Waals surface area contributed by atoms with E-state index in [4.69, 9.17) is 14.2 Å². The average Bonchev–Trinajstić information content (AvgIpc) is 3.13. The van der Waals surface area contributed by atoms with E-state index < -0.39 is 5.60 Å². The molecule has 2 aliphatic heterocycles. The number of rotatable bonds is 8. The third-order valence-electron chi connectivity index (χ3n) is 7.00. The maximum absolute atomic E-state index is 13.3. The van der Waals surface area contributed by atoms with Crippen molar-refractivity contribution in [3.05, 3.63) is 47.0 Å². The molecule has 0 N–H and O–H groups in total. The summed E-state index contributed by atoms with van der Waals surface area (Å²) in [7, 11) is 1.90. The van der Waals surface area contributed by atoms with Crippen LogP contribution in [-0.2, 0) is 32.5 Å². The number of aromatic nitrogens is 2. The van der Waals surface area contributed by atoms with Crippen molar-refractivity contribution < 1.29 is 28.2 Å². The van der Waals surface area contributed by atoms with Crippen molar-refractivity contribution in [1.29, 1.82) is 0 Å². The van der Waals surface area contributed by atoms with Crippen molar-refractivity contribution in [2.24, 2.45) is 7.05 Å². The quantitative estimate of drug-likeness (QED) is 0.549. The summed E-state index contributed by atoms with van der Waals surface area (Å²) in [5.41, 5.74) is 2.08. The van der Waals surface area contributed by atoms with E-state index in [0.717, 1.165) is 17.0 Å². The molecule has 4 rings (SSSR count). The largest absolute Gasteiger partial charge is 0.490 e. The van der Waals surface area contributed by atoms with Gasteiger partial charge in [-0.1, -0.05) is 0 Å². The van der Waals surface area contributed by atoms with Crippen molar-refractivity contribution in [1.82, 2.24) is 19.6 Å². The van der Waals surface area contributed by atoms with E-state index >= 15 is 0 Å². The molecular formula is C26H35FN4O5. The van der Waals surface area contributed by atoms with Gasteiger partial charge in [-0.15, -0.1) is 0 Å². The van der Waals surface area contributed by atoms with Crippen LogP contribution in [0.2, 0.25) is 0 Å². The molecule has 0 radical (unpaired) electrons. The molecule has 1 aromatic carbocycles. The van der Waals surface area contributed by atoms with Crippen LogP contribution in [-0.4, -0.2) is 89.6 Å². The summed E-state index contributed by atoms with van der Waals surface area (Å²) in [6.07, 6.45) is 1.03. The van der Waals surface area contributed by atoms with Crippen LogP contribution in [0.4, 0.5) is 4.39 Å². The molecule has 2 aliphatic rings. The SMILES string of the molecule is Cc1nn(C)c(C)c1CCC(=O)N1CCO[C@@](COc2ccc(F)cc2)(CC(=O)N2CCOCC2)C1. The maximum atomic E-state index is 13.3. The van der Waals surface area contributed by atoms with Gasteiger partial charge in [0.25, 0.3) is 0 Å². The number of hydrogen-bond acceptors (Lipinski definition) is 6. The van der Waals surface area contributed by atoms with E-state index in [0.29, 0.717) is 58.0 Å². The van der Waals surface area contributed by atoms with Gasteiger partial charge < -0.3 is 24.0 Å². The van der Waals surface area contributed by atoms with Crippen molar-refractivity contribution in [2.75, 3.05) is 52.6 Å².